The minimum atomic E-state index is -0.880. The zero-order chi connectivity index (χ0) is 10.8. The van der Waals surface area contributed by atoms with Crippen molar-refractivity contribution < 1.29 is 9.50 Å². The molecule has 0 radical (unpaired) electrons. The average Bonchev–Trinajstić information content (AvgIpc) is 2.06. The number of halogens is 2. The van der Waals surface area contributed by atoms with Gasteiger partial charge in [-0.25, -0.2) is 4.39 Å². The molecule has 0 aliphatic carbocycles. The summed E-state index contributed by atoms with van der Waals surface area (Å²) in [4.78, 5) is 0. The summed E-state index contributed by atoms with van der Waals surface area (Å²) in [6.45, 7) is 3.55. The number of rotatable bonds is 3. The summed E-state index contributed by atoms with van der Waals surface area (Å²) in [6.07, 6.45) is 0. The molecule has 0 amide bonds. The van der Waals surface area contributed by atoms with Gasteiger partial charge in [0.25, 0.3) is 0 Å². The summed E-state index contributed by atoms with van der Waals surface area (Å²) in [5.74, 6) is -0.488. The van der Waals surface area contributed by atoms with E-state index in [0.29, 0.717) is 5.69 Å². The van der Waals surface area contributed by atoms with Crippen molar-refractivity contribution in [1.29, 1.82) is 0 Å². The maximum absolute atomic E-state index is 13.3. The topological polar surface area (TPSA) is 32.3 Å². The summed E-state index contributed by atoms with van der Waals surface area (Å²) in [6, 6.07) is 4.71. The van der Waals surface area contributed by atoms with Gasteiger partial charge >= 0.3 is 0 Å². The predicted octanol–water partition coefficient (Wildman–Crippen LogP) is 2.66. The zero-order valence-electron chi connectivity index (χ0n) is 8.14. The number of anilines is 1. The SMILES string of the molecule is CC(C)(O)CNc1cccc(Cl)c1F. The molecular formula is C10H13ClFNO. The molecule has 0 aliphatic heterocycles. The van der Waals surface area contributed by atoms with Crippen molar-refractivity contribution >= 4 is 17.3 Å². The largest absolute Gasteiger partial charge is 0.389 e. The van der Waals surface area contributed by atoms with Gasteiger partial charge < -0.3 is 10.4 Å². The first kappa shape index (κ1) is 11.3. The van der Waals surface area contributed by atoms with Gasteiger partial charge in [-0.1, -0.05) is 17.7 Å². The van der Waals surface area contributed by atoms with Crippen molar-refractivity contribution in [3.8, 4) is 0 Å². The molecule has 0 fully saturated rings. The fourth-order valence-electron chi connectivity index (χ4n) is 0.952. The molecule has 0 atom stereocenters. The lowest BCUT2D eigenvalue weighted by molar-refractivity contribution is 0.0944. The van der Waals surface area contributed by atoms with Crippen LogP contribution < -0.4 is 5.32 Å². The number of hydrogen-bond donors (Lipinski definition) is 2. The molecule has 0 spiro atoms. The van der Waals surface area contributed by atoms with E-state index in [-0.39, 0.29) is 11.6 Å². The van der Waals surface area contributed by atoms with Gasteiger partial charge in [0, 0.05) is 6.54 Å². The second kappa shape index (κ2) is 4.15. The Labute approximate surface area is 87.7 Å². The fourth-order valence-corrected chi connectivity index (χ4v) is 1.13. The third kappa shape index (κ3) is 3.16. The molecule has 0 aromatic heterocycles. The van der Waals surface area contributed by atoms with Gasteiger partial charge in [0.1, 0.15) is 0 Å². The lowest BCUT2D eigenvalue weighted by atomic mass is 10.1. The molecule has 0 unspecified atom stereocenters. The van der Waals surface area contributed by atoms with Crippen LogP contribution in [0.1, 0.15) is 13.8 Å². The summed E-state index contributed by atoms with van der Waals surface area (Å²) in [5.41, 5.74) is -0.575. The van der Waals surface area contributed by atoms with Gasteiger partial charge in [-0.05, 0) is 26.0 Å². The molecule has 1 aromatic carbocycles. The van der Waals surface area contributed by atoms with Crippen LogP contribution in [0.5, 0.6) is 0 Å². The highest BCUT2D eigenvalue weighted by atomic mass is 35.5. The highest BCUT2D eigenvalue weighted by Gasteiger charge is 2.13. The van der Waals surface area contributed by atoms with E-state index < -0.39 is 11.4 Å². The number of benzene rings is 1. The Morgan fingerprint density at radius 2 is 2.14 bits per heavy atom. The van der Waals surface area contributed by atoms with Gasteiger partial charge in [-0.3, -0.25) is 0 Å². The molecule has 0 heterocycles. The molecule has 0 bridgehead atoms. The minimum absolute atomic E-state index is 0.0748. The minimum Gasteiger partial charge on any atom is -0.389 e. The van der Waals surface area contributed by atoms with Gasteiger partial charge in [-0.15, -0.1) is 0 Å². The molecule has 2 N–H and O–H groups in total. The second-order valence-electron chi connectivity index (χ2n) is 3.77. The molecule has 0 saturated heterocycles. The van der Waals surface area contributed by atoms with E-state index in [1.807, 2.05) is 0 Å². The Bertz CT molecular complexity index is 322. The molecule has 78 valence electrons. The standard InChI is InChI=1S/C10H13ClFNO/c1-10(2,14)6-13-8-5-3-4-7(11)9(8)12/h3-5,13-14H,6H2,1-2H3. The maximum Gasteiger partial charge on any atom is 0.164 e. The summed E-state index contributed by atoms with van der Waals surface area (Å²) < 4.78 is 13.3. The lowest BCUT2D eigenvalue weighted by Crippen LogP contribution is -2.29. The molecule has 0 saturated carbocycles. The summed E-state index contributed by atoms with van der Waals surface area (Å²) in [5, 5.41) is 12.3. The van der Waals surface area contributed by atoms with Crippen molar-refractivity contribution in [2.75, 3.05) is 11.9 Å². The van der Waals surface area contributed by atoms with Crippen LogP contribution in [-0.2, 0) is 0 Å². The van der Waals surface area contributed by atoms with Crippen LogP contribution in [0.15, 0.2) is 18.2 Å². The van der Waals surface area contributed by atoms with E-state index in [1.54, 1.807) is 26.0 Å². The van der Waals surface area contributed by atoms with Crippen LogP contribution in [0.2, 0.25) is 5.02 Å². The van der Waals surface area contributed by atoms with E-state index >= 15 is 0 Å². The van der Waals surface area contributed by atoms with Crippen LogP contribution in [0, 0.1) is 5.82 Å². The lowest BCUT2D eigenvalue weighted by Gasteiger charge is -2.18. The van der Waals surface area contributed by atoms with Crippen molar-refractivity contribution in [1.82, 2.24) is 0 Å². The van der Waals surface area contributed by atoms with Crippen LogP contribution in [0.4, 0.5) is 10.1 Å². The Balaban J connectivity index is 2.73. The van der Waals surface area contributed by atoms with E-state index in [1.165, 1.54) is 6.07 Å². The van der Waals surface area contributed by atoms with Gasteiger partial charge in [0.05, 0.1) is 16.3 Å². The Kier molecular flexibility index (Phi) is 3.34. The first-order valence-corrected chi connectivity index (χ1v) is 4.68. The third-order valence-electron chi connectivity index (χ3n) is 1.66. The molecule has 1 rings (SSSR count). The molecule has 0 aliphatic rings. The van der Waals surface area contributed by atoms with Crippen LogP contribution >= 0.6 is 11.6 Å². The third-order valence-corrected chi connectivity index (χ3v) is 1.95. The summed E-state index contributed by atoms with van der Waals surface area (Å²) >= 11 is 5.59. The van der Waals surface area contributed by atoms with Gasteiger partial charge in [-0.2, -0.15) is 0 Å². The van der Waals surface area contributed by atoms with Crippen molar-refractivity contribution in [3.63, 3.8) is 0 Å². The Morgan fingerprint density at radius 3 is 2.71 bits per heavy atom. The number of nitrogens with one attached hydrogen (secondary N) is 1. The van der Waals surface area contributed by atoms with Crippen LogP contribution in [0.3, 0.4) is 0 Å². The molecule has 1 aromatic rings. The highest BCUT2D eigenvalue weighted by Crippen LogP contribution is 2.22. The molecular weight excluding hydrogens is 205 g/mol. The summed E-state index contributed by atoms with van der Waals surface area (Å²) in [7, 11) is 0. The maximum atomic E-state index is 13.3. The first-order chi connectivity index (χ1) is 6.40. The quantitative estimate of drug-likeness (QED) is 0.816. The molecule has 4 heteroatoms. The predicted molar refractivity (Wildman–Crippen MR) is 56.2 cm³/mol. The van der Waals surface area contributed by atoms with E-state index in [0.717, 1.165) is 0 Å². The number of hydrogen-bond acceptors (Lipinski definition) is 2. The van der Waals surface area contributed by atoms with E-state index in [4.69, 9.17) is 11.6 Å². The van der Waals surface area contributed by atoms with Crippen LogP contribution in [-0.4, -0.2) is 17.3 Å². The first-order valence-electron chi connectivity index (χ1n) is 4.30. The molecule has 2 nitrogen and oxygen atoms in total. The van der Waals surface area contributed by atoms with Crippen molar-refractivity contribution in [3.05, 3.63) is 29.0 Å². The molecule has 14 heavy (non-hydrogen) atoms. The van der Waals surface area contributed by atoms with Gasteiger partial charge in [0.15, 0.2) is 5.82 Å². The van der Waals surface area contributed by atoms with E-state index in [2.05, 4.69) is 5.32 Å². The fraction of sp³-hybridized carbons (Fsp3) is 0.400. The van der Waals surface area contributed by atoms with Crippen molar-refractivity contribution in [2.45, 2.75) is 19.4 Å². The monoisotopic (exact) mass is 217 g/mol. The Hall–Kier alpha value is -0.800. The smallest absolute Gasteiger partial charge is 0.164 e. The average molecular weight is 218 g/mol. The van der Waals surface area contributed by atoms with Gasteiger partial charge in [0.2, 0.25) is 0 Å². The van der Waals surface area contributed by atoms with Crippen molar-refractivity contribution in [2.24, 2.45) is 0 Å². The zero-order valence-corrected chi connectivity index (χ0v) is 8.90. The van der Waals surface area contributed by atoms with Crippen LogP contribution in [0.25, 0.3) is 0 Å². The Morgan fingerprint density at radius 1 is 1.50 bits per heavy atom. The second-order valence-corrected chi connectivity index (χ2v) is 4.17. The highest BCUT2D eigenvalue weighted by molar-refractivity contribution is 6.31. The van der Waals surface area contributed by atoms with E-state index in [9.17, 15) is 9.50 Å². The normalized spacial score (nSPS) is 11.5. The number of aliphatic hydroxyl groups is 1.